The van der Waals surface area contributed by atoms with Crippen LogP contribution in [0.25, 0.3) is 0 Å². The first kappa shape index (κ1) is 18.8. The third-order valence-corrected chi connectivity index (χ3v) is 3.62. The molecule has 0 aliphatic carbocycles. The predicted molar refractivity (Wildman–Crippen MR) is 93.7 cm³/mol. The van der Waals surface area contributed by atoms with Crippen LogP contribution in [-0.2, 0) is 0 Å². The molecule has 0 aliphatic rings. The van der Waals surface area contributed by atoms with E-state index in [-0.39, 0.29) is 0 Å². The summed E-state index contributed by atoms with van der Waals surface area (Å²) in [7, 11) is 6.51. The Morgan fingerprint density at radius 3 is 1.77 bits per heavy atom. The minimum Gasteiger partial charge on any atom is -0.494 e. The quantitative estimate of drug-likeness (QED) is 0.418. The minimum atomic E-state index is 0.738. The largest absolute Gasteiger partial charge is 0.494 e. The van der Waals surface area contributed by atoms with Crippen LogP contribution < -0.4 is 9.47 Å². The molecule has 0 atom stereocenters. The normalized spacial score (nSPS) is 11.5. The molecular formula is C19H34NO2+. The lowest BCUT2D eigenvalue weighted by atomic mass is 10.1. The molecule has 0 bridgehead atoms. The van der Waals surface area contributed by atoms with E-state index in [4.69, 9.17) is 9.47 Å². The van der Waals surface area contributed by atoms with Crippen LogP contribution in [0.4, 0.5) is 0 Å². The van der Waals surface area contributed by atoms with E-state index in [0.29, 0.717) is 0 Å². The zero-order valence-electron chi connectivity index (χ0n) is 14.9. The van der Waals surface area contributed by atoms with Crippen LogP contribution in [0.1, 0.15) is 45.4 Å². The Morgan fingerprint density at radius 1 is 0.727 bits per heavy atom. The summed E-state index contributed by atoms with van der Waals surface area (Å²) in [5.41, 5.74) is 0. The molecule has 0 radical (unpaired) electrons. The molecule has 0 aliphatic heterocycles. The first-order valence-electron chi connectivity index (χ1n) is 8.67. The molecule has 126 valence electrons. The molecule has 0 unspecified atom stereocenters. The molecule has 0 spiro atoms. The maximum Gasteiger partial charge on any atom is 0.137 e. The highest BCUT2D eigenvalue weighted by Crippen LogP contribution is 2.18. The van der Waals surface area contributed by atoms with Gasteiger partial charge in [-0.05, 0) is 30.7 Å². The van der Waals surface area contributed by atoms with Gasteiger partial charge >= 0.3 is 0 Å². The lowest BCUT2D eigenvalue weighted by Crippen LogP contribution is -2.38. The van der Waals surface area contributed by atoms with Crippen molar-refractivity contribution < 1.29 is 14.0 Å². The number of likely N-dealkylation sites (N-methyl/N-ethyl adjacent to an activating group) is 1. The fraction of sp³-hybridized carbons (Fsp3) is 0.684. The molecule has 1 rings (SSSR count). The van der Waals surface area contributed by atoms with Crippen LogP contribution in [-0.4, -0.2) is 45.4 Å². The van der Waals surface area contributed by atoms with Crippen molar-refractivity contribution in [2.45, 2.75) is 45.4 Å². The molecule has 3 heteroatoms. The third kappa shape index (κ3) is 9.67. The highest BCUT2D eigenvalue weighted by Gasteiger charge is 2.06. The number of rotatable bonds is 12. The summed E-state index contributed by atoms with van der Waals surface area (Å²) < 4.78 is 12.4. The number of nitrogens with zero attached hydrogens (tertiary/aromatic N) is 1. The van der Waals surface area contributed by atoms with Gasteiger partial charge < -0.3 is 14.0 Å². The number of ether oxygens (including phenoxy) is 2. The Morgan fingerprint density at radius 2 is 1.23 bits per heavy atom. The molecule has 1 aromatic rings. The van der Waals surface area contributed by atoms with Gasteiger partial charge in [0.1, 0.15) is 24.7 Å². The zero-order valence-corrected chi connectivity index (χ0v) is 14.9. The number of unbranched alkanes of at least 4 members (excludes halogenated alkanes) is 5. The van der Waals surface area contributed by atoms with Gasteiger partial charge in [-0.2, -0.15) is 0 Å². The van der Waals surface area contributed by atoms with E-state index in [1.54, 1.807) is 0 Å². The Balaban J connectivity index is 2.14. The van der Waals surface area contributed by atoms with Gasteiger partial charge in [0.25, 0.3) is 0 Å². The minimum absolute atomic E-state index is 0.738. The van der Waals surface area contributed by atoms with Crippen molar-refractivity contribution in [3.05, 3.63) is 24.3 Å². The highest BCUT2D eigenvalue weighted by molar-refractivity contribution is 5.31. The predicted octanol–water partition coefficient (Wildman–Crippen LogP) is 4.51. The molecule has 0 saturated heterocycles. The van der Waals surface area contributed by atoms with Gasteiger partial charge in [-0.15, -0.1) is 0 Å². The molecular weight excluding hydrogens is 274 g/mol. The second-order valence-electron chi connectivity index (χ2n) is 6.95. The molecule has 0 fully saturated rings. The van der Waals surface area contributed by atoms with Crippen LogP contribution >= 0.6 is 0 Å². The highest BCUT2D eigenvalue weighted by atomic mass is 16.5. The summed E-state index contributed by atoms with van der Waals surface area (Å²) in [6, 6.07) is 7.98. The van der Waals surface area contributed by atoms with Crippen molar-refractivity contribution >= 4 is 0 Å². The summed E-state index contributed by atoms with van der Waals surface area (Å²) in [6.45, 7) is 4.80. The average molecular weight is 308 g/mol. The van der Waals surface area contributed by atoms with Gasteiger partial charge in [0, 0.05) is 0 Å². The molecule has 0 N–H and O–H groups in total. The van der Waals surface area contributed by atoms with Gasteiger partial charge in [0.15, 0.2) is 0 Å². The van der Waals surface area contributed by atoms with Gasteiger partial charge in [-0.25, -0.2) is 0 Å². The molecule has 0 amide bonds. The monoisotopic (exact) mass is 308 g/mol. The van der Waals surface area contributed by atoms with E-state index in [2.05, 4.69) is 28.1 Å². The summed E-state index contributed by atoms with van der Waals surface area (Å²) in [4.78, 5) is 0. The molecule has 0 heterocycles. The van der Waals surface area contributed by atoms with Crippen LogP contribution in [0.2, 0.25) is 0 Å². The Kier molecular flexibility index (Phi) is 8.98. The van der Waals surface area contributed by atoms with Crippen molar-refractivity contribution in [2.24, 2.45) is 0 Å². The van der Waals surface area contributed by atoms with Gasteiger partial charge in [-0.3, -0.25) is 0 Å². The number of hydrogen-bond acceptors (Lipinski definition) is 2. The third-order valence-electron chi connectivity index (χ3n) is 3.62. The van der Waals surface area contributed by atoms with Gasteiger partial charge in [0.05, 0.1) is 27.7 Å². The van der Waals surface area contributed by atoms with E-state index < -0.39 is 0 Å². The second kappa shape index (κ2) is 10.5. The Hall–Kier alpha value is -1.22. The zero-order chi connectivity index (χ0) is 16.3. The van der Waals surface area contributed by atoms with Crippen molar-refractivity contribution in [3.63, 3.8) is 0 Å². The van der Waals surface area contributed by atoms with Gasteiger partial charge in [-0.1, -0.05) is 39.0 Å². The summed E-state index contributed by atoms with van der Waals surface area (Å²) in [6.07, 6.45) is 7.76. The Labute approximate surface area is 136 Å². The van der Waals surface area contributed by atoms with E-state index in [1.165, 1.54) is 32.1 Å². The summed E-state index contributed by atoms with van der Waals surface area (Å²) >= 11 is 0. The number of benzene rings is 1. The topological polar surface area (TPSA) is 18.5 Å². The van der Waals surface area contributed by atoms with Crippen molar-refractivity contribution in [2.75, 3.05) is 40.9 Å². The van der Waals surface area contributed by atoms with E-state index in [1.807, 2.05) is 24.3 Å². The van der Waals surface area contributed by atoms with Crippen molar-refractivity contribution in [1.82, 2.24) is 0 Å². The van der Waals surface area contributed by atoms with Crippen LogP contribution in [0.3, 0.4) is 0 Å². The van der Waals surface area contributed by atoms with E-state index in [9.17, 15) is 0 Å². The first-order valence-corrected chi connectivity index (χ1v) is 8.67. The second-order valence-corrected chi connectivity index (χ2v) is 6.95. The van der Waals surface area contributed by atoms with Crippen LogP contribution in [0, 0.1) is 0 Å². The van der Waals surface area contributed by atoms with Crippen molar-refractivity contribution in [1.29, 1.82) is 0 Å². The molecule has 0 aromatic heterocycles. The average Bonchev–Trinajstić information content (AvgIpc) is 2.46. The van der Waals surface area contributed by atoms with E-state index >= 15 is 0 Å². The molecule has 3 nitrogen and oxygen atoms in total. The van der Waals surface area contributed by atoms with Gasteiger partial charge in [0.2, 0.25) is 0 Å². The molecule has 1 aromatic carbocycles. The van der Waals surface area contributed by atoms with Crippen LogP contribution in [0.5, 0.6) is 11.5 Å². The standard InChI is InChI=1S/C19H34NO2/c1-5-6-7-8-9-10-16-21-18-11-13-19(14-12-18)22-17-15-20(2,3)4/h11-14H,5-10,15-17H2,1-4H3/q+1. The lowest BCUT2D eigenvalue weighted by Gasteiger charge is -2.23. The lowest BCUT2D eigenvalue weighted by molar-refractivity contribution is -0.870. The maximum absolute atomic E-state index is 5.77. The summed E-state index contributed by atoms with van der Waals surface area (Å²) in [5, 5.41) is 0. The van der Waals surface area contributed by atoms with Crippen molar-refractivity contribution in [3.8, 4) is 11.5 Å². The maximum atomic E-state index is 5.77. The number of hydrogen-bond donors (Lipinski definition) is 0. The van der Waals surface area contributed by atoms with Crippen LogP contribution in [0.15, 0.2) is 24.3 Å². The SMILES string of the molecule is CCCCCCCCOc1ccc(OCC[N+](C)(C)C)cc1. The number of quaternary nitrogens is 1. The molecule has 0 saturated carbocycles. The first-order chi connectivity index (χ1) is 10.5. The Bertz CT molecular complexity index is 381. The van der Waals surface area contributed by atoms with E-state index in [0.717, 1.165) is 42.2 Å². The summed E-state index contributed by atoms with van der Waals surface area (Å²) in [5.74, 6) is 1.85. The smallest absolute Gasteiger partial charge is 0.137 e. The fourth-order valence-electron chi connectivity index (χ4n) is 2.14. The fourth-order valence-corrected chi connectivity index (χ4v) is 2.14. The molecule has 22 heavy (non-hydrogen) atoms.